The van der Waals surface area contributed by atoms with E-state index in [1.165, 1.54) is 22.5 Å². The van der Waals surface area contributed by atoms with E-state index >= 15 is 0 Å². The van der Waals surface area contributed by atoms with Crippen LogP contribution in [0.3, 0.4) is 0 Å². The average Bonchev–Trinajstić information content (AvgIpc) is 3.00. The molecule has 30 heavy (non-hydrogen) atoms. The van der Waals surface area contributed by atoms with E-state index < -0.39 is 10.0 Å². The molecule has 0 saturated carbocycles. The van der Waals surface area contributed by atoms with Gasteiger partial charge in [-0.1, -0.05) is 48.2 Å². The number of amides is 1. The quantitative estimate of drug-likeness (QED) is 0.698. The normalized spacial score (nSPS) is 16.7. The Bertz CT molecular complexity index is 1030. The highest BCUT2D eigenvalue weighted by Gasteiger charge is 2.27. The molecule has 7 heteroatoms. The highest BCUT2D eigenvalue weighted by molar-refractivity contribution is 7.89. The van der Waals surface area contributed by atoms with Crippen molar-refractivity contribution in [3.63, 3.8) is 0 Å². The number of hydrogen-bond donors (Lipinski definition) is 1. The number of halogens is 1. The minimum Gasteiger partial charge on any atom is -0.345 e. The molecule has 1 aliphatic rings. The largest absolute Gasteiger partial charge is 0.345 e. The summed E-state index contributed by atoms with van der Waals surface area (Å²) in [7, 11) is -3.66. The second-order valence-electron chi connectivity index (χ2n) is 8.02. The molecule has 0 bridgehead atoms. The second kappa shape index (κ2) is 9.50. The number of nitrogens with one attached hydrogen (secondary N) is 1. The Hall–Kier alpha value is -1.89. The summed E-state index contributed by atoms with van der Waals surface area (Å²) in [5.41, 5.74) is 3.38. The Kier molecular flexibility index (Phi) is 7.22. The third-order valence-electron chi connectivity index (χ3n) is 5.63. The predicted octanol–water partition coefficient (Wildman–Crippen LogP) is 5.01. The molecule has 162 valence electrons. The first-order valence-corrected chi connectivity index (χ1v) is 12.2. The van der Waals surface area contributed by atoms with Crippen LogP contribution in [0.2, 0.25) is 5.02 Å². The fourth-order valence-electron chi connectivity index (χ4n) is 3.85. The Balaban J connectivity index is 1.85. The summed E-state index contributed by atoms with van der Waals surface area (Å²) in [6.45, 7) is 6.93. The molecule has 2 aromatic carbocycles. The Labute approximate surface area is 184 Å². The van der Waals surface area contributed by atoms with Crippen molar-refractivity contribution >= 4 is 27.5 Å². The fraction of sp³-hybridized carbons (Fsp3) is 0.435. The van der Waals surface area contributed by atoms with E-state index in [0.29, 0.717) is 13.1 Å². The zero-order valence-electron chi connectivity index (χ0n) is 17.7. The first-order chi connectivity index (χ1) is 14.2. The van der Waals surface area contributed by atoms with Crippen LogP contribution < -0.4 is 5.32 Å². The van der Waals surface area contributed by atoms with Crippen molar-refractivity contribution in [3.8, 4) is 0 Å². The van der Waals surface area contributed by atoms with Crippen LogP contribution in [0.4, 0.5) is 0 Å². The lowest BCUT2D eigenvalue weighted by Crippen LogP contribution is -2.32. The van der Waals surface area contributed by atoms with Gasteiger partial charge in [0.05, 0.1) is 21.5 Å². The van der Waals surface area contributed by atoms with Crippen molar-refractivity contribution in [3.05, 3.63) is 63.7 Å². The van der Waals surface area contributed by atoms with Crippen LogP contribution in [0.5, 0.6) is 0 Å². The molecule has 5 nitrogen and oxygen atoms in total. The van der Waals surface area contributed by atoms with Gasteiger partial charge >= 0.3 is 0 Å². The molecular weight excluding hydrogens is 420 g/mol. The number of hydrogen-bond acceptors (Lipinski definition) is 3. The number of carbonyl (C=O) groups excluding carboxylic acids is 1. The molecule has 0 radical (unpaired) electrons. The molecule has 1 N–H and O–H groups in total. The van der Waals surface area contributed by atoms with Crippen LogP contribution in [-0.4, -0.2) is 31.7 Å². The predicted molar refractivity (Wildman–Crippen MR) is 120 cm³/mol. The molecule has 0 aliphatic carbocycles. The lowest BCUT2D eigenvalue weighted by Gasteiger charge is -2.21. The van der Waals surface area contributed by atoms with Crippen LogP contribution in [0.15, 0.2) is 41.3 Å². The molecule has 0 spiro atoms. The van der Waals surface area contributed by atoms with Gasteiger partial charge in [-0.15, -0.1) is 0 Å². The molecule has 2 aromatic rings. The van der Waals surface area contributed by atoms with Crippen molar-refractivity contribution in [1.82, 2.24) is 9.62 Å². The molecule has 0 unspecified atom stereocenters. The zero-order valence-corrected chi connectivity index (χ0v) is 19.3. The molecule has 3 rings (SSSR count). The van der Waals surface area contributed by atoms with Gasteiger partial charge in [0.25, 0.3) is 5.91 Å². The molecule has 1 fully saturated rings. The van der Waals surface area contributed by atoms with Crippen molar-refractivity contribution in [2.45, 2.75) is 57.4 Å². The molecule has 0 aromatic heterocycles. The number of sulfonamides is 1. The summed E-state index contributed by atoms with van der Waals surface area (Å²) in [5.74, 6) is -0.388. The summed E-state index contributed by atoms with van der Waals surface area (Å²) >= 11 is 6.27. The maximum absolute atomic E-state index is 13.1. The molecule has 1 amide bonds. The molecule has 1 atom stereocenters. The first-order valence-electron chi connectivity index (χ1n) is 10.4. The minimum absolute atomic E-state index is 0.110. The van der Waals surface area contributed by atoms with Gasteiger partial charge < -0.3 is 5.32 Å². The highest BCUT2D eigenvalue weighted by atomic mass is 35.5. The minimum atomic E-state index is -3.66. The summed E-state index contributed by atoms with van der Waals surface area (Å²) < 4.78 is 27.7. The van der Waals surface area contributed by atoms with Crippen LogP contribution in [0.25, 0.3) is 0 Å². The van der Waals surface area contributed by atoms with Gasteiger partial charge in [0, 0.05) is 13.1 Å². The van der Waals surface area contributed by atoms with Gasteiger partial charge in [0.1, 0.15) is 0 Å². The van der Waals surface area contributed by atoms with Crippen molar-refractivity contribution in [2.75, 3.05) is 13.1 Å². The number of aryl methyl sites for hydroxylation is 2. The third kappa shape index (κ3) is 5.05. The number of nitrogens with zero attached hydrogens (tertiary/aromatic N) is 1. The van der Waals surface area contributed by atoms with Crippen LogP contribution in [-0.2, 0) is 10.0 Å². The maximum Gasteiger partial charge on any atom is 0.253 e. The maximum atomic E-state index is 13.1. The highest BCUT2D eigenvalue weighted by Crippen LogP contribution is 2.26. The fourth-order valence-corrected chi connectivity index (χ4v) is 5.60. The van der Waals surface area contributed by atoms with E-state index in [-0.39, 0.29) is 27.4 Å². The summed E-state index contributed by atoms with van der Waals surface area (Å²) in [6, 6.07) is 10.2. The van der Waals surface area contributed by atoms with Gasteiger partial charge in [0.15, 0.2) is 0 Å². The molecule has 1 heterocycles. The Morgan fingerprint density at radius 3 is 2.37 bits per heavy atom. The van der Waals surface area contributed by atoms with Crippen LogP contribution >= 0.6 is 11.6 Å². The van der Waals surface area contributed by atoms with Crippen molar-refractivity contribution in [2.24, 2.45) is 0 Å². The number of benzene rings is 2. The third-order valence-corrected chi connectivity index (χ3v) is 7.86. The van der Waals surface area contributed by atoms with E-state index in [0.717, 1.165) is 42.4 Å². The zero-order chi connectivity index (χ0) is 21.9. The van der Waals surface area contributed by atoms with E-state index in [4.69, 9.17) is 11.6 Å². The SMILES string of the molecule is Cc1ccc(C)c([C@@H](C)NC(=O)c2cc(S(=O)(=O)N3CCCCCC3)ccc2Cl)c1. The van der Waals surface area contributed by atoms with E-state index in [9.17, 15) is 13.2 Å². The van der Waals surface area contributed by atoms with Gasteiger partial charge in [-0.2, -0.15) is 4.31 Å². The summed E-state index contributed by atoms with van der Waals surface area (Å²) in [4.78, 5) is 13.1. The van der Waals surface area contributed by atoms with Gasteiger partial charge in [-0.3, -0.25) is 4.79 Å². The van der Waals surface area contributed by atoms with Crippen LogP contribution in [0, 0.1) is 13.8 Å². The summed E-state index contributed by atoms with van der Waals surface area (Å²) in [5, 5.41) is 3.19. The standard InChI is InChI=1S/C23H29ClN2O3S/c1-16-8-9-17(2)20(14-16)18(3)25-23(27)21-15-19(10-11-22(21)24)30(28,29)26-12-6-4-5-7-13-26/h8-11,14-15,18H,4-7,12-13H2,1-3H3,(H,25,27)/t18-/m1/s1. The van der Waals surface area contributed by atoms with Crippen LogP contribution in [0.1, 0.15) is 65.7 Å². The summed E-state index contributed by atoms with van der Waals surface area (Å²) in [6.07, 6.45) is 3.79. The second-order valence-corrected chi connectivity index (χ2v) is 10.4. The average molecular weight is 449 g/mol. The number of carbonyl (C=O) groups is 1. The smallest absolute Gasteiger partial charge is 0.253 e. The van der Waals surface area contributed by atoms with Gasteiger partial charge in [-0.25, -0.2) is 8.42 Å². The van der Waals surface area contributed by atoms with Crippen molar-refractivity contribution in [1.29, 1.82) is 0 Å². The number of rotatable bonds is 5. The molecular formula is C23H29ClN2O3S. The van der Waals surface area contributed by atoms with Gasteiger partial charge in [-0.05, 0) is 62.9 Å². The topological polar surface area (TPSA) is 66.5 Å². The lowest BCUT2D eigenvalue weighted by atomic mass is 10.00. The first kappa shape index (κ1) is 22.8. The monoisotopic (exact) mass is 448 g/mol. The Morgan fingerprint density at radius 1 is 1.03 bits per heavy atom. The molecule has 1 saturated heterocycles. The van der Waals surface area contributed by atoms with Crippen molar-refractivity contribution < 1.29 is 13.2 Å². The lowest BCUT2D eigenvalue weighted by molar-refractivity contribution is 0.0939. The Morgan fingerprint density at radius 2 is 1.70 bits per heavy atom. The van der Waals surface area contributed by atoms with E-state index in [2.05, 4.69) is 5.32 Å². The van der Waals surface area contributed by atoms with E-state index in [1.807, 2.05) is 39.0 Å². The molecule has 1 aliphatic heterocycles. The van der Waals surface area contributed by atoms with Gasteiger partial charge in [0.2, 0.25) is 10.0 Å². The van der Waals surface area contributed by atoms with E-state index in [1.54, 1.807) is 0 Å².